The number of halogens is 1. The van der Waals surface area contributed by atoms with Gasteiger partial charge in [0, 0.05) is 5.56 Å². The van der Waals surface area contributed by atoms with E-state index in [1.54, 1.807) is 12.1 Å². The van der Waals surface area contributed by atoms with E-state index in [1.807, 2.05) is 6.92 Å². The van der Waals surface area contributed by atoms with E-state index in [0.717, 1.165) is 0 Å². The molecule has 0 aliphatic rings. The van der Waals surface area contributed by atoms with Gasteiger partial charge in [-0.25, -0.2) is 0 Å². The Balaban J connectivity index is 3.29. The first-order chi connectivity index (χ1) is 5.66. The van der Waals surface area contributed by atoms with Gasteiger partial charge in [-0.05, 0) is 12.5 Å². The van der Waals surface area contributed by atoms with Crippen LogP contribution in [0.5, 0.6) is 0 Å². The van der Waals surface area contributed by atoms with Crippen LogP contribution in [0.1, 0.15) is 12.5 Å². The van der Waals surface area contributed by atoms with Gasteiger partial charge in [0.25, 0.3) is 5.69 Å². The van der Waals surface area contributed by atoms with E-state index < -0.39 is 4.92 Å². The smallest absolute Gasteiger partial charge is 0.258 e. The monoisotopic (exact) mass is 185 g/mol. The molecule has 0 N–H and O–H groups in total. The van der Waals surface area contributed by atoms with E-state index in [9.17, 15) is 10.1 Å². The Morgan fingerprint density at radius 1 is 1.58 bits per heavy atom. The van der Waals surface area contributed by atoms with E-state index in [0.29, 0.717) is 12.0 Å². The lowest BCUT2D eigenvalue weighted by Gasteiger charge is -1.99. The van der Waals surface area contributed by atoms with Gasteiger partial charge in [0.15, 0.2) is 0 Å². The van der Waals surface area contributed by atoms with Crippen molar-refractivity contribution in [3.05, 3.63) is 38.9 Å². The minimum Gasteiger partial charge on any atom is -0.258 e. The summed E-state index contributed by atoms with van der Waals surface area (Å²) in [6.07, 6.45) is 0.622. The average Bonchev–Trinajstić information content (AvgIpc) is 2.03. The van der Waals surface area contributed by atoms with Crippen molar-refractivity contribution in [1.82, 2.24) is 0 Å². The number of para-hydroxylation sites is 1. The molecule has 0 unspecified atom stereocenters. The quantitative estimate of drug-likeness (QED) is 0.525. The second-order valence-corrected chi connectivity index (χ2v) is 2.77. The second kappa shape index (κ2) is 3.54. The van der Waals surface area contributed by atoms with E-state index in [-0.39, 0.29) is 10.7 Å². The molecule has 0 saturated carbocycles. The summed E-state index contributed by atoms with van der Waals surface area (Å²) in [4.78, 5) is 10.1. The van der Waals surface area contributed by atoms with E-state index in [2.05, 4.69) is 0 Å². The van der Waals surface area contributed by atoms with Crippen molar-refractivity contribution < 1.29 is 4.92 Å². The number of nitro benzene ring substituents is 1. The summed E-state index contributed by atoms with van der Waals surface area (Å²) in [7, 11) is 0. The number of rotatable bonds is 2. The molecule has 0 aromatic heterocycles. The predicted octanol–water partition coefficient (Wildman–Crippen LogP) is 2.81. The highest BCUT2D eigenvalue weighted by molar-refractivity contribution is 6.32. The lowest BCUT2D eigenvalue weighted by atomic mass is 10.1. The van der Waals surface area contributed by atoms with Crippen LogP contribution >= 0.6 is 11.6 Å². The molecule has 0 aliphatic carbocycles. The molecule has 0 spiro atoms. The fraction of sp³-hybridized carbons (Fsp3) is 0.250. The molecule has 4 heteroatoms. The summed E-state index contributed by atoms with van der Waals surface area (Å²) in [5.41, 5.74) is 0.703. The molecule has 0 heterocycles. The van der Waals surface area contributed by atoms with Crippen molar-refractivity contribution in [2.45, 2.75) is 13.3 Å². The molecule has 0 bridgehead atoms. The van der Waals surface area contributed by atoms with Crippen LogP contribution in [-0.2, 0) is 6.42 Å². The van der Waals surface area contributed by atoms with Crippen molar-refractivity contribution in [1.29, 1.82) is 0 Å². The number of hydrogen-bond donors (Lipinski definition) is 0. The maximum atomic E-state index is 10.5. The summed E-state index contributed by atoms with van der Waals surface area (Å²) >= 11 is 5.66. The second-order valence-electron chi connectivity index (χ2n) is 2.36. The van der Waals surface area contributed by atoms with Crippen LogP contribution in [0.2, 0.25) is 5.02 Å². The number of nitro groups is 1. The Morgan fingerprint density at radius 3 is 2.67 bits per heavy atom. The third-order valence-corrected chi connectivity index (χ3v) is 1.94. The molecule has 1 aromatic carbocycles. The zero-order valence-corrected chi connectivity index (χ0v) is 7.34. The Morgan fingerprint density at radius 2 is 2.25 bits per heavy atom. The largest absolute Gasteiger partial charge is 0.291 e. The maximum Gasteiger partial charge on any atom is 0.291 e. The maximum absolute atomic E-state index is 10.5. The summed E-state index contributed by atoms with van der Waals surface area (Å²) in [6.45, 7) is 1.86. The topological polar surface area (TPSA) is 43.1 Å². The van der Waals surface area contributed by atoms with Gasteiger partial charge >= 0.3 is 0 Å². The third-order valence-electron chi connectivity index (χ3n) is 1.63. The zero-order chi connectivity index (χ0) is 9.14. The summed E-state index contributed by atoms with van der Waals surface area (Å²) in [5, 5.41) is 10.7. The van der Waals surface area contributed by atoms with Gasteiger partial charge in [0.05, 0.1) is 4.92 Å². The molecule has 0 amide bonds. The molecule has 1 rings (SSSR count). The normalized spacial score (nSPS) is 9.83. The molecule has 0 atom stereocenters. The first-order valence-corrected chi connectivity index (χ1v) is 3.96. The molecular formula is C8H8ClNO2. The molecule has 0 saturated heterocycles. The fourth-order valence-electron chi connectivity index (χ4n) is 1.05. The average molecular weight is 186 g/mol. The highest BCUT2D eigenvalue weighted by Crippen LogP contribution is 2.28. The molecule has 12 heavy (non-hydrogen) atoms. The number of hydrogen-bond acceptors (Lipinski definition) is 2. The predicted molar refractivity (Wildman–Crippen MR) is 47.5 cm³/mol. The number of benzene rings is 1. The molecule has 0 fully saturated rings. The van der Waals surface area contributed by atoms with Crippen LogP contribution in [0, 0.1) is 10.1 Å². The lowest BCUT2D eigenvalue weighted by Crippen LogP contribution is -1.94. The first-order valence-electron chi connectivity index (χ1n) is 3.58. The van der Waals surface area contributed by atoms with E-state index in [1.165, 1.54) is 6.07 Å². The summed E-state index contributed by atoms with van der Waals surface area (Å²) in [5.74, 6) is 0. The van der Waals surface area contributed by atoms with Crippen LogP contribution < -0.4 is 0 Å². The van der Waals surface area contributed by atoms with Crippen LogP contribution in [0.15, 0.2) is 18.2 Å². The summed E-state index contributed by atoms with van der Waals surface area (Å²) < 4.78 is 0. The van der Waals surface area contributed by atoms with Gasteiger partial charge in [0.1, 0.15) is 5.02 Å². The number of aryl methyl sites for hydroxylation is 1. The molecule has 1 aromatic rings. The van der Waals surface area contributed by atoms with Crippen molar-refractivity contribution in [2.75, 3.05) is 0 Å². The summed E-state index contributed by atoms with van der Waals surface area (Å²) in [6, 6.07) is 4.96. The van der Waals surface area contributed by atoms with Crippen molar-refractivity contribution >= 4 is 17.3 Å². The van der Waals surface area contributed by atoms with Crippen LogP contribution in [0.3, 0.4) is 0 Å². The van der Waals surface area contributed by atoms with Crippen LogP contribution in [0.25, 0.3) is 0 Å². The van der Waals surface area contributed by atoms with E-state index in [4.69, 9.17) is 11.6 Å². The van der Waals surface area contributed by atoms with Crippen molar-refractivity contribution in [3.63, 3.8) is 0 Å². The molecule has 3 nitrogen and oxygen atoms in total. The van der Waals surface area contributed by atoms with Gasteiger partial charge in [-0.1, -0.05) is 30.7 Å². The fourth-order valence-corrected chi connectivity index (χ4v) is 1.31. The first kappa shape index (κ1) is 9.00. The third kappa shape index (κ3) is 1.56. The zero-order valence-electron chi connectivity index (χ0n) is 6.58. The minimum absolute atomic E-state index is 0.0293. The highest BCUT2D eigenvalue weighted by Gasteiger charge is 2.15. The van der Waals surface area contributed by atoms with Gasteiger partial charge in [0.2, 0.25) is 0 Å². The SMILES string of the molecule is CCc1cccc(Cl)c1[N+](=O)[O-]. The lowest BCUT2D eigenvalue weighted by molar-refractivity contribution is -0.385. The molecule has 0 radical (unpaired) electrons. The Labute approximate surface area is 75.1 Å². The van der Waals surface area contributed by atoms with Crippen molar-refractivity contribution in [2.24, 2.45) is 0 Å². The Hall–Kier alpha value is -1.09. The number of nitrogens with zero attached hydrogens (tertiary/aromatic N) is 1. The van der Waals surface area contributed by atoms with Gasteiger partial charge in [-0.2, -0.15) is 0 Å². The van der Waals surface area contributed by atoms with Crippen molar-refractivity contribution in [3.8, 4) is 0 Å². The standard InChI is InChI=1S/C8H8ClNO2/c1-2-6-4-3-5-7(9)8(6)10(11)12/h3-5H,2H2,1H3. The molecular weight excluding hydrogens is 178 g/mol. The van der Waals surface area contributed by atoms with Gasteiger partial charge in [-0.15, -0.1) is 0 Å². The molecule has 0 aliphatic heterocycles. The molecule has 64 valence electrons. The van der Waals surface area contributed by atoms with Gasteiger partial charge in [-0.3, -0.25) is 10.1 Å². The van der Waals surface area contributed by atoms with Crippen LogP contribution in [-0.4, -0.2) is 4.92 Å². The van der Waals surface area contributed by atoms with E-state index >= 15 is 0 Å². The highest BCUT2D eigenvalue weighted by atomic mass is 35.5. The van der Waals surface area contributed by atoms with Crippen LogP contribution in [0.4, 0.5) is 5.69 Å². The van der Waals surface area contributed by atoms with Gasteiger partial charge < -0.3 is 0 Å². The minimum atomic E-state index is -0.443. The Kier molecular flexibility index (Phi) is 2.65. The Bertz CT molecular complexity index is 312.